The highest BCUT2D eigenvalue weighted by Crippen LogP contribution is 2.21. The van der Waals surface area contributed by atoms with Crippen LogP contribution in [-0.2, 0) is 4.79 Å². The molecule has 1 aromatic carbocycles. The van der Waals surface area contributed by atoms with Crippen molar-refractivity contribution in [2.75, 3.05) is 0 Å². The lowest BCUT2D eigenvalue weighted by atomic mass is 10.1. The van der Waals surface area contributed by atoms with Crippen LogP contribution in [0.3, 0.4) is 0 Å². The van der Waals surface area contributed by atoms with Crippen LogP contribution < -0.4 is 0 Å². The molecule has 0 atom stereocenters. The van der Waals surface area contributed by atoms with Gasteiger partial charge in [0.2, 0.25) is 0 Å². The Labute approximate surface area is 76.7 Å². The Hall–Kier alpha value is -1.08. The van der Waals surface area contributed by atoms with Crippen LogP contribution in [0.4, 0.5) is 0 Å². The summed E-state index contributed by atoms with van der Waals surface area (Å²) in [6.45, 7) is 1.95. The zero-order chi connectivity index (χ0) is 8.97. The van der Waals surface area contributed by atoms with Crippen LogP contribution in [0.15, 0.2) is 30.3 Å². The molecule has 0 heterocycles. The van der Waals surface area contributed by atoms with E-state index in [9.17, 15) is 4.79 Å². The number of allylic oxidation sites excluding steroid dienone is 1. The highest BCUT2D eigenvalue weighted by atomic mass is 35.5. The molecular formula is C10H9ClO. The first-order chi connectivity index (χ1) is 5.75. The molecule has 1 aromatic rings. The van der Waals surface area contributed by atoms with Gasteiger partial charge in [0, 0.05) is 0 Å². The van der Waals surface area contributed by atoms with Crippen LogP contribution in [0, 0.1) is 6.92 Å². The van der Waals surface area contributed by atoms with Gasteiger partial charge in [-0.25, -0.2) is 0 Å². The molecule has 0 amide bonds. The highest BCUT2D eigenvalue weighted by Gasteiger charge is 1.99. The maximum Gasteiger partial charge on any atom is 0.144 e. The minimum Gasteiger partial charge on any atom is -0.299 e. The van der Waals surface area contributed by atoms with E-state index in [1.54, 1.807) is 0 Å². The summed E-state index contributed by atoms with van der Waals surface area (Å²) in [5.74, 6) is 0. The molecule has 0 bridgehead atoms. The first kappa shape index (κ1) is 9.01. The van der Waals surface area contributed by atoms with Crippen molar-refractivity contribution in [3.8, 4) is 0 Å². The minimum absolute atomic E-state index is 0.489. The van der Waals surface area contributed by atoms with Crippen LogP contribution in [0.25, 0.3) is 5.03 Å². The average Bonchev–Trinajstić information content (AvgIpc) is 2.05. The van der Waals surface area contributed by atoms with Crippen molar-refractivity contribution in [2.24, 2.45) is 0 Å². The van der Waals surface area contributed by atoms with Gasteiger partial charge in [-0.1, -0.05) is 35.9 Å². The maximum atomic E-state index is 10.1. The van der Waals surface area contributed by atoms with Crippen LogP contribution in [0.2, 0.25) is 0 Å². The third-order valence-corrected chi connectivity index (χ3v) is 1.95. The third-order valence-electron chi connectivity index (χ3n) is 1.62. The lowest BCUT2D eigenvalue weighted by Gasteiger charge is -2.01. The summed E-state index contributed by atoms with van der Waals surface area (Å²) in [4.78, 5) is 10.1. The van der Waals surface area contributed by atoms with Gasteiger partial charge in [-0.2, -0.15) is 0 Å². The molecule has 0 unspecified atom stereocenters. The summed E-state index contributed by atoms with van der Waals surface area (Å²) in [6.07, 6.45) is 2.04. The highest BCUT2D eigenvalue weighted by molar-refractivity contribution is 6.49. The second kappa shape index (κ2) is 4.07. The van der Waals surface area contributed by atoms with Gasteiger partial charge in [0.05, 0.1) is 5.03 Å². The molecule has 0 aliphatic carbocycles. The molecule has 12 heavy (non-hydrogen) atoms. The SMILES string of the molecule is Cc1ccccc1C(Cl)=CC=O. The van der Waals surface area contributed by atoms with Crippen molar-refractivity contribution in [1.29, 1.82) is 0 Å². The fraction of sp³-hybridized carbons (Fsp3) is 0.100. The number of aldehydes is 1. The van der Waals surface area contributed by atoms with E-state index in [-0.39, 0.29) is 0 Å². The number of benzene rings is 1. The Bertz CT molecular complexity index is 315. The summed E-state index contributed by atoms with van der Waals surface area (Å²) >= 11 is 5.84. The van der Waals surface area contributed by atoms with Gasteiger partial charge < -0.3 is 0 Å². The van der Waals surface area contributed by atoms with E-state index in [0.717, 1.165) is 11.1 Å². The van der Waals surface area contributed by atoms with Gasteiger partial charge in [-0.15, -0.1) is 0 Å². The fourth-order valence-electron chi connectivity index (χ4n) is 0.990. The maximum absolute atomic E-state index is 10.1. The lowest BCUT2D eigenvalue weighted by molar-refractivity contribution is -0.104. The molecule has 1 rings (SSSR count). The Kier molecular flexibility index (Phi) is 3.06. The van der Waals surface area contributed by atoms with Crippen molar-refractivity contribution in [2.45, 2.75) is 6.92 Å². The number of hydrogen-bond acceptors (Lipinski definition) is 1. The molecule has 0 fully saturated rings. The zero-order valence-electron chi connectivity index (χ0n) is 6.75. The van der Waals surface area contributed by atoms with Crippen molar-refractivity contribution in [3.05, 3.63) is 41.5 Å². The molecule has 0 spiro atoms. The van der Waals surface area contributed by atoms with Gasteiger partial charge in [0.15, 0.2) is 0 Å². The number of halogens is 1. The first-order valence-electron chi connectivity index (χ1n) is 3.62. The lowest BCUT2D eigenvalue weighted by Crippen LogP contribution is -1.82. The largest absolute Gasteiger partial charge is 0.299 e. The fourth-order valence-corrected chi connectivity index (χ4v) is 1.25. The van der Waals surface area contributed by atoms with Crippen LogP contribution in [0.5, 0.6) is 0 Å². The van der Waals surface area contributed by atoms with E-state index < -0.39 is 0 Å². The molecule has 1 nitrogen and oxygen atoms in total. The number of carbonyl (C=O) groups is 1. The Morgan fingerprint density at radius 1 is 1.42 bits per heavy atom. The molecule has 0 aromatic heterocycles. The van der Waals surface area contributed by atoms with Crippen molar-refractivity contribution in [1.82, 2.24) is 0 Å². The van der Waals surface area contributed by atoms with E-state index in [0.29, 0.717) is 11.3 Å². The van der Waals surface area contributed by atoms with Crippen molar-refractivity contribution < 1.29 is 4.79 Å². The number of hydrogen-bond donors (Lipinski definition) is 0. The van der Waals surface area contributed by atoms with Crippen molar-refractivity contribution in [3.63, 3.8) is 0 Å². The van der Waals surface area contributed by atoms with Crippen LogP contribution in [-0.4, -0.2) is 6.29 Å². The van der Waals surface area contributed by atoms with Gasteiger partial charge in [0.1, 0.15) is 6.29 Å². The number of rotatable bonds is 2. The number of carbonyl (C=O) groups excluding carboxylic acids is 1. The minimum atomic E-state index is 0.489. The summed E-state index contributed by atoms with van der Waals surface area (Å²) in [5.41, 5.74) is 1.98. The molecule has 0 aliphatic rings. The van der Waals surface area contributed by atoms with Crippen molar-refractivity contribution >= 4 is 22.9 Å². The predicted octanol–water partition coefficient (Wildman–Crippen LogP) is 2.77. The first-order valence-corrected chi connectivity index (χ1v) is 4.00. The van der Waals surface area contributed by atoms with E-state index in [1.165, 1.54) is 6.08 Å². The topological polar surface area (TPSA) is 17.1 Å². The molecule has 0 radical (unpaired) electrons. The standard InChI is InChI=1S/C10H9ClO/c1-8-4-2-3-5-9(8)10(11)6-7-12/h2-7H,1H3. The average molecular weight is 181 g/mol. The van der Waals surface area contributed by atoms with Gasteiger partial charge >= 0.3 is 0 Å². The summed E-state index contributed by atoms with van der Waals surface area (Å²) in [7, 11) is 0. The Balaban J connectivity index is 3.10. The van der Waals surface area contributed by atoms with E-state index in [1.807, 2.05) is 31.2 Å². The second-order valence-corrected chi connectivity index (χ2v) is 2.87. The van der Waals surface area contributed by atoms with E-state index in [4.69, 9.17) is 11.6 Å². The molecule has 62 valence electrons. The van der Waals surface area contributed by atoms with Crippen LogP contribution >= 0.6 is 11.6 Å². The predicted molar refractivity (Wildman–Crippen MR) is 51.1 cm³/mol. The second-order valence-electron chi connectivity index (χ2n) is 2.47. The smallest absolute Gasteiger partial charge is 0.144 e. The molecule has 2 heteroatoms. The molecule has 0 saturated heterocycles. The summed E-state index contributed by atoms with van der Waals surface area (Å²) in [6, 6.07) is 7.67. The Morgan fingerprint density at radius 3 is 2.67 bits per heavy atom. The summed E-state index contributed by atoms with van der Waals surface area (Å²) < 4.78 is 0. The monoisotopic (exact) mass is 180 g/mol. The normalized spacial score (nSPS) is 11.3. The Morgan fingerprint density at radius 2 is 2.08 bits per heavy atom. The third kappa shape index (κ3) is 1.95. The summed E-state index contributed by atoms with van der Waals surface area (Å²) in [5, 5.41) is 0.489. The van der Waals surface area contributed by atoms with Gasteiger partial charge in [-0.05, 0) is 24.1 Å². The quantitative estimate of drug-likeness (QED) is 0.505. The van der Waals surface area contributed by atoms with E-state index in [2.05, 4.69) is 0 Å². The molecule has 0 saturated carbocycles. The van der Waals surface area contributed by atoms with Gasteiger partial charge in [0.25, 0.3) is 0 Å². The van der Waals surface area contributed by atoms with E-state index >= 15 is 0 Å². The molecule has 0 aliphatic heterocycles. The molecule has 0 N–H and O–H groups in total. The molecular weight excluding hydrogens is 172 g/mol. The number of aryl methyl sites for hydroxylation is 1. The van der Waals surface area contributed by atoms with Gasteiger partial charge in [-0.3, -0.25) is 4.79 Å². The van der Waals surface area contributed by atoms with Crippen LogP contribution in [0.1, 0.15) is 11.1 Å². The zero-order valence-corrected chi connectivity index (χ0v) is 7.51.